The van der Waals surface area contributed by atoms with E-state index in [1.54, 1.807) is 12.4 Å². The van der Waals surface area contributed by atoms with Crippen molar-refractivity contribution in [1.29, 1.82) is 0 Å². The predicted molar refractivity (Wildman–Crippen MR) is 61.4 cm³/mol. The van der Waals surface area contributed by atoms with Gasteiger partial charge in [0.15, 0.2) is 0 Å². The first-order valence-corrected chi connectivity index (χ1v) is 5.01. The summed E-state index contributed by atoms with van der Waals surface area (Å²) in [6, 6.07) is 3.75. The topological polar surface area (TPSA) is 70.7 Å². The van der Waals surface area contributed by atoms with Gasteiger partial charge >= 0.3 is 0 Å². The Morgan fingerprint density at radius 2 is 2.12 bits per heavy atom. The zero-order valence-electron chi connectivity index (χ0n) is 8.27. The van der Waals surface area contributed by atoms with E-state index >= 15 is 0 Å². The summed E-state index contributed by atoms with van der Waals surface area (Å²) >= 11 is 5.80. The molecule has 2 N–H and O–H groups in total. The maximum Gasteiger partial charge on any atom is 0.285 e. The highest BCUT2D eigenvalue weighted by Crippen LogP contribution is 2.15. The zero-order chi connectivity index (χ0) is 11.4. The van der Waals surface area contributed by atoms with Crippen LogP contribution in [-0.4, -0.2) is 15.2 Å². The van der Waals surface area contributed by atoms with Crippen LogP contribution in [0.3, 0.4) is 0 Å². The number of halogens is 1. The van der Waals surface area contributed by atoms with Crippen molar-refractivity contribution in [2.24, 2.45) is 0 Å². The van der Waals surface area contributed by atoms with Gasteiger partial charge in [0.2, 0.25) is 0 Å². The monoisotopic (exact) mass is 236 g/mol. The Labute approximate surface area is 96.5 Å². The second-order valence-corrected chi connectivity index (χ2v) is 3.51. The van der Waals surface area contributed by atoms with E-state index in [-0.39, 0.29) is 5.02 Å². The van der Waals surface area contributed by atoms with Crippen molar-refractivity contribution in [3.63, 3.8) is 0 Å². The summed E-state index contributed by atoms with van der Waals surface area (Å²) < 4.78 is 0. The largest absolute Gasteiger partial charge is 0.378 e. The smallest absolute Gasteiger partial charge is 0.285 e. The summed E-state index contributed by atoms with van der Waals surface area (Å²) in [7, 11) is 0. The fourth-order valence-electron chi connectivity index (χ4n) is 1.20. The average Bonchev–Trinajstić information content (AvgIpc) is 2.32. The maximum atomic E-state index is 11.2. The van der Waals surface area contributed by atoms with Gasteiger partial charge in [0.05, 0.1) is 11.9 Å². The van der Waals surface area contributed by atoms with Crippen LogP contribution in [0.25, 0.3) is 0 Å². The molecular weight excluding hydrogens is 228 g/mol. The van der Waals surface area contributed by atoms with Crippen LogP contribution in [0, 0.1) is 0 Å². The van der Waals surface area contributed by atoms with Gasteiger partial charge in [-0.05, 0) is 17.7 Å². The molecule has 82 valence electrons. The first-order valence-electron chi connectivity index (χ1n) is 4.63. The van der Waals surface area contributed by atoms with Gasteiger partial charge in [-0.15, -0.1) is 0 Å². The van der Waals surface area contributed by atoms with Crippen LogP contribution in [-0.2, 0) is 6.54 Å². The molecule has 0 unspecified atom stereocenters. The third-order valence-electron chi connectivity index (χ3n) is 2.03. The Hall–Kier alpha value is -1.88. The van der Waals surface area contributed by atoms with Crippen molar-refractivity contribution in [2.75, 3.05) is 5.32 Å². The highest BCUT2D eigenvalue weighted by atomic mass is 35.5. The van der Waals surface area contributed by atoms with E-state index in [4.69, 9.17) is 11.6 Å². The molecule has 0 saturated heterocycles. The summed E-state index contributed by atoms with van der Waals surface area (Å²) in [5.41, 5.74) is 1.16. The van der Waals surface area contributed by atoms with Crippen molar-refractivity contribution in [1.82, 2.24) is 15.2 Å². The molecule has 0 aliphatic heterocycles. The number of rotatable bonds is 3. The first-order chi connectivity index (χ1) is 7.77. The molecule has 0 amide bonds. The fraction of sp³-hybridized carbons (Fsp3) is 0.100. The molecule has 0 spiro atoms. The molecule has 0 aromatic carbocycles. The number of aromatic amines is 1. The number of anilines is 1. The van der Waals surface area contributed by atoms with E-state index in [9.17, 15) is 4.79 Å². The van der Waals surface area contributed by atoms with Crippen molar-refractivity contribution >= 4 is 17.3 Å². The van der Waals surface area contributed by atoms with E-state index in [0.717, 1.165) is 5.56 Å². The highest BCUT2D eigenvalue weighted by Gasteiger charge is 2.03. The summed E-state index contributed by atoms with van der Waals surface area (Å²) in [6.45, 7) is 0.563. The molecule has 0 radical (unpaired) electrons. The SMILES string of the molecule is O=c1[nH]ncc(NCc2ccncc2)c1Cl. The molecular formula is C10H9ClN4O. The van der Waals surface area contributed by atoms with Crippen molar-refractivity contribution in [2.45, 2.75) is 6.54 Å². The Morgan fingerprint density at radius 3 is 2.88 bits per heavy atom. The van der Waals surface area contributed by atoms with Gasteiger partial charge < -0.3 is 5.32 Å². The van der Waals surface area contributed by atoms with Gasteiger partial charge in [-0.2, -0.15) is 5.10 Å². The standard InChI is InChI=1S/C10H9ClN4O/c11-9-8(6-14-15-10(9)16)13-5-7-1-3-12-4-2-7/h1-4,6H,5H2,(H2,13,15,16). The first kappa shape index (κ1) is 10.6. The maximum absolute atomic E-state index is 11.2. The van der Waals surface area contributed by atoms with Crippen LogP contribution in [0.1, 0.15) is 5.56 Å². The van der Waals surface area contributed by atoms with Crippen molar-refractivity contribution in [3.8, 4) is 0 Å². The molecule has 16 heavy (non-hydrogen) atoms. The molecule has 2 rings (SSSR count). The summed E-state index contributed by atoms with van der Waals surface area (Å²) in [5, 5.41) is 9.05. The van der Waals surface area contributed by atoms with Gasteiger partial charge in [0.25, 0.3) is 5.56 Å². The molecule has 2 heterocycles. The Morgan fingerprint density at radius 1 is 1.38 bits per heavy atom. The Balaban J connectivity index is 2.11. The lowest BCUT2D eigenvalue weighted by atomic mass is 10.2. The lowest BCUT2D eigenvalue weighted by Gasteiger charge is -2.06. The number of hydrogen-bond acceptors (Lipinski definition) is 4. The van der Waals surface area contributed by atoms with Crippen molar-refractivity contribution in [3.05, 3.63) is 51.7 Å². The number of H-pyrrole nitrogens is 1. The van der Waals surface area contributed by atoms with E-state index in [0.29, 0.717) is 12.2 Å². The van der Waals surface area contributed by atoms with E-state index < -0.39 is 5.56 Å². The highest BCUT2D eigenvalue weighted by molar-refractivity contribution is 6.32. The van der Waals surface area contributed by atoms with Crippen LogP contribution in [0.4, 0.5) is 5.69 Å². The number of pyridine rings is 1. The molecule has 5 nitrogen and oxygen atoms in total. The molecule has 6 heteroatoms. The molecule has 0 aliphatic carbocycles. The Kier molecular flexibility index (Phi) is 3.16. The number of nitrogens with zero attached hydrogens (tertiary/aromatic N) is 2. The number of aromatic nitrogens is 3. The minimum absolute atomic E-state index is 0.115. The average molecular weight is 237 g/mol. The molecule has 0 fully saturated rings. The third kappa shape index (κ3) is 2.38. The fourth-order valence-corrected chi connectivity index (χ4v) is 1.36. The lowest BCUT2D eigenvalue weighted by Crippen LogP contribution is -2.11. The molecule has 2 aromatic heterocycles. The van der Waals surface area contributed by atoms with Gasteiger partial charge in [-0.25, -0.2) is 5.10 Å². The van der Waals surface area contributed by atoms with Crippen LogP contribution in [0.2, 0.25) is 5.02 Å². The minimum atomic E-state index is -0.401. The van der Waals surface area contributed by atoms with Gasteiger partial charge in [-0.1, -0.05) is 11.6 Å². The van der Waals surface area contributed by atoms with Gasteiger partial charge in [0, 0.05) is 18.9 Å². The number of hydrogen-bond donors (Lipinski definition) is 2. The van der Waals surface area contributed by atoms with Gasteiger partial charge in [-0.3, -0.25) is 9.78 Å². The van der Waals surface area contributed by atoms with E-state index in [1.165, 1.54) is 6.20 Å². The predicted octanol–water partition coefficient (Wildman–Crippen LogP) is 1.43. The molecule has 2 aromatic rings. The van der Waals surface area contributed by atoms with Gasteiger partial charge in [0.1, 0.15) is 5.02 Å². The zero-order valence-corrected chi connectivity index (χ0v) is 9.03. The second-order valence-electron chi connectivity index (χ2n) is 3.14. The van der Waals surface area contributed by atoms with Crippen LogP contribution in [0.15, 0.2) is 35.5 Å². The summed E-state index contributed by atoms with van der Waals surface area (Å²) in [4.78, 5) is 15.1. The van der Waals surface area contributed by atoms with Crippen LogP contribution < -0.4 is 10.9 Å². The molecule has 0 aliphatic rings. The second kappa shape index (κ2) is 4.76. The Bertz CT molecular complexity index is 526. The number of nitrogens with one attached hydrogen (secondary N) is 2. The summed E-state index contributed by atoms with van der Waals surface area (Å²) in [6.07, 6.45) is 4.88. The quantitative estimate of drug-likeness (QED) is 0.846. The third-order valence-corrected chi connectivity index (χ3v) is 2.40. The lowest BCUT2D eigenvalue weighted by molar-refractivity contribution is 0.981. The summed E-state index contributed by atoms with van der Waals surface area (Å²) in [5.74, 6) is 0. The molecule has 0 atom stereocenters. The molecule has 0 bridgehead atoms. The van der Waals surface area contributed by atoms with Crippen LogP contribution in [0.5, 0.6) is 0 Å². The van der Waals surface area contributed by atoms with Crippen LogP contribution >= 0.6 is 11.6 Å². The molecule has 0 saturated carbocycles. The van der Waals surface area contributed by atoms with E-state index in [2.05, 4.69) is 20.5 Å². The minimum Gasteiger partial charge on any atom is -0.378 e. The normalized spacial score (nSPS) is 10.1. The van der Waals surface area contributed by atoms with Crippen molar-refractivity contribution < 1.29 is 0 Å². The van der Waals surface area contributed by atoms with E-state index in [1.807, 2.05) is 12.1 Å².